The molecule has 0 saturated heterocycles. The Hall–Kier alpha value is -1.23. The van der Waals surface area contributed by atoms with Crippen molar-refractivity contribution in [1.82, 2.24) is 0 Å². The fourth-order valence-corrected chi connectivity index (χ4v) is 1.27. The van der Waals surface area contributed by atoms with Crippen molar-refractivity contribution >= 4 is 0 Å². The van der Waals surface area contributed by atoms with Crippen LogP contribution in [0, 0.1) is 0 Å². The van der Waals surface area contributed by atoms with Gasteiger partial charge < -0.3 is 10.5 Å². The molecule has 2 nitrogen and oxygen atoms in total. The molecule has 0 fully saturated rings. The van der Waals surface area contributed by atoms with Gasteiger partial charge in [-0.3, -0.25) is 0 Å². The van der Waals surface area contributed by atoms with E-state index in [1.54, 1.807) is 12.1 Å². The van der Waals surface area contributed by atoms with Gasteiger partial charge in [-0.2, -0.15) is 0 Å². The van der Waals surface area contributed by atoms with Gasteiger partial charge in [0.25, 0.3) is 0 Å². The summed E-state index contributed by atoms with van der Waals surface area (Å²) in [6, 6.07) is 5.82. The lowest BCUT2D eigenvalue weighted by atomic mass is 10.1. The summed E-state index contributed by atoms with van der Waals surface area (Å²) in [7, 11) is 0. The number of rotatable bonds is 4. The van der Waals surface area contributed by atoms with E-state index in [4.69, 9.17) is 5.73 Å². The van der Waals surface area contributed by atoms with Crippen LogP contribution >= 0.6 is 0 Å². The predicted molar refractivity (Wildman–Crippen MR) is 55.1 cm³/mol. The van der Waals surface area contributed by atoms with Gasteiger partial charge in [-0.1, -0.05) is 19.1 Å². The summed E-state index contributed by atoms with van der Waals surface area (Å²) in [6.45, 7) is 1.96. The van der Waals surface area contributed by atoms with Crippen LogP contribution in [-0.4, -0.2) is 12.4 Å². The number of benzene rings is 1. The zero-order chi connectivity index (χ0) is 12.2. The average molecular weight is 233 g/mol. The molecule has 0 amide bonds. The highest BCUT2D eigenvalue weighted by molar-refractivity contribution is 5.27. The summed E-state index contributed by atoms with van der Waals surface area (Å²) in [4.78, 5) is 0. The van der Waals surface area contributed by atoms with Crippen LogP contribution in [-0.2, 0) is 6.42 Å². The van der Waals surface area contributed by atoms with E-state index >= 15 is 0 Å². The van der Waals surface area contributed by atoms with Gasteiger partial charge in [0.1, 0.15) is 5.75 Å². The molecule has 0 heterocycles. The van der Waals surface area contributed by atoms with Gasteiger partial charge in [-0.05, 0) is 30.5 Å². The Labute approximate surface area is 92.2 Å². The van der Waals surface area contributed by atoms with Gasteiger partial charge in [0.05, 0.1) is 0 Å². The normalized spacial score (nSPS) is 13.6. The van der Waals surface area contributed by atoms with Crippen LogP contribution in [0.2, 0.25) is 0 Å². The summed E-state index contributed by atoms with van der Waals surface area (Å²) >= 11 is 0. The molecule has 0 bridgehead atoms. The topological polar surface area (TPSA) is 35.2 Å². The molecule has 0 unspecified atom stereocenters. The monoisotopic (exact) mass is 233 g/mol. The van der Waals surface area contributed by atoms with Crippen molar-refractivity contribution in [3.63, 3.8) is 0 Å². The molecule has 5 heteroatoms. The molecular formula is C11H14F3NO. The van der Waals surface area contributed by atoms with Gasteiger partial charge in [0.2, 0.25) is 0 Å². The second-order valence-corrected chi connectivity index (χ2v) is 3.56. The van der Waals surface area contributed by atoms with Crippen molar-refractivity contribution in [2.75, 3.05) is 0 Å². The SMILES string of the molecule is CC[C@H](N)Cc1ccc(OC(F)(F)F)cc1. The van der Waals surface area contributed by atoms with E-state index in [1.807, 2.05) is 6.92 Å². The zero-order valence-corrected chi connectivity index (χ0v) is 8.92. The number of hydrogen-bond acceptors (Lipinski definition) is 2. The van der Waals surface area contributed by atoms with Crippen molar-refractivity contribution in [3.8, 4) is 5.75 Å². The quantitative estimate of drug-likeness (QED) is 0.867. The lowest BCUT2D eigenvalue weighted by Crippen LogP contribution is -2.21. The van der Waals surface area contributed by atoms with Gasteiger partial charge in [0, 0.05) is 6.04 Å². The van der Waals surface area contributed by atoms with E-state index in [-0.39, 0.29) is 11.8 Å². The maximum absolute atomic E-state index is 11.9. The van der Waals surface area contributed by atoms with Crippen molar-refractivity contribution in [2.45, 2.75) is 32.2 Å². The van der Waals surface area contributed by atoms with E-state index in [0.717, 1.165) is 12.0 Å². The van der Waals surface area contributed by atoms with E-state index in [1.165, 1.54) is 12.1 Å². The molecule has 1 aromatic rings. The van der Waals surface area contributed by atoms with Crippen LogP contribution in [0.25, 0.3) is 0 Å². The number of hydrogen-bond donors (Lipinski definition) is 1. The fraction of sp³-hybridized carbons (Fsp3) is 0.455. The first kappa shape index (κ1) is 12.8. The van der Waals surface area contributed by atoms with Crippen LogP contribution in [0.1, 0.15) is 18.9 Å². The molecule has 0 spiro atoms. The van der Waals surface area contributed by atoms with Gasteiger partial charge in [-0.25, -0.2) is 0 Å². The molecule has 1 rings (SSSR count). The van der Waals surface area contributed by atoms with Gasteiger partial charge in [0.15, 0.2) is 0 Å². The van der Waals surface area contributed by atoms with Crippen molar-refractivity contribution < 1.29 is 17.9 Å². The fourth-order valence-electron chi connectivity index (χ4n) is 1.27. The second-order valence-electron chi connectivity index (χ2n) is 3.56. The Bertz CT molecular complexity index is 321. The highest BCUT2D eigenvalue weighted by Crippen LogP contribution is 2.22. The molecule has 0 radical (unpaired) electrons. The summed E-state index contributed by atoms with van der Waals surface area (Å²) in [5.41, 5.74) is 6.64. The first-order valence-electron chi connectivity index (χ1n) is 5.01. The third-order valence-electron chi connectivity index (χ3n) is 2.18. The largest absolute Gasteiger partial charge is 0.573 e. The molecule has 0 aliphatic rings. The Morgan fingerprint density at radius 1 is 1.25 bits per heavy atom. The first-order chi connectivity index (χ1) is 7.40. The Kier molecular flexibility index (Phi) is 4.18. The van der Waals surface area contributed by atoms with Crippen molar-refractivity contribution in [2.24, 2.45) is 5.73 Å². The molecule has 0 aliphatic carbocycles. The van der Waals surface area contributed by atoms with Crippen LogP contribution < -0.4 is 10.5 Å². The molecule has 16 heavy (non-hydrogen) atoms. The molecule has 1 atom stereocenters. The average Bonchev–Trinajstić information content (AvgIpc) is 2.18. The molecule has 0 aliphatic heterocycles. The van der Waals surface area contributed by atoms with Gasteiger partial charge in [-0.15, -0.1) is 13.2 Å². The summed E-state index contributed by atoms with van der Waals surface area (Å²) in [5, 5.41) is 0. The van der Waals surface area contributed by atoms with Crippen molar-refractivity contribution in [1.29, 1.82) is 0 Å². The minimum absolute atomic E-state index is 0.0365. The second kappa shape index (κ2) is 5.21. The van der Waals surface area contributed by atoms with Crippen LogP contribution in [0.15, 0.2) is 24.3 Å². The summed E-state index contributed by atoms with van der Waals surface area (Å²) < 4.78 is 39.3. The van der Waals surface area contributed by atoms with Crippen LogP contribution in [0.3, 0.4) is 0 Å². The van der Waals surface area contributed by atoms with Crippen molar-refractivity contribution in [3.05, 3.63) is 29.8 Å². The third kappa shape index (κ3) is 4.53. The lowest BCUT2D eigenvalue weighted by molar-refractivity contribution is -0.274. The van der Waals surface area contributed by atoms with Gasteiger partial charge >= 0.3 is 6.36 Å². The molecule has 0 aromatic heterocycles. The highest BCUT2D eigenvalue weighted by Gasteiger charge is 2.30. The van der Waals surface area contributed by atoms with E-state index in [0.29, 0.717) is 6.42 Å². The van der Waals surface area contributed by atoms with E-state index < -0.39 is 6.36 Å². The number of nitrogens with two attached hydrogens (primary N) is 1. The molecule has 90 valence electrons. The third-order valence-corrected chi connectivity index (χ3v) is 2.18. The van der Waals surface area contributed by atoms with Crippen LogP contribution in [0.5, 0.6) is 5.75 Å². The number of alkyl halides is 3. The lowest BCUT2D eigenvalue weighted by Gasteiger charge is -2.11. The molecule has 1 aromatic carbocycles. The number of halogens is 3. The van der Waals surface area contributed by atoms with E-state index in [9.17, 15) is 13.2 Å². The molecule has 2 N–H and O–H groups in total. The smallest absolute Gasteiger partial charge is 0.406 e. The first-order valence-corrected chi connectivity index (χ1v) is 5.01. The zero-order valence-electron chi connectivity index (χ0n) is 8.92. The summed E-state index contributed by atoms with van der Waals surface area (Å²) in [6.07, 6.45) is -3.15. The Morgan fingerprint density at radius 3 is 2.25 bits per heavy atom. The minimum atomic E-state index is -4.64. The maximum atomic E-state index is 11.9. The summed E-state index contributed by atoms with van der Waals surface area (Å²) in [5.74, 6) is -0.207. The molecular weight excluding hydrogens is 219 g/mol. The Balaban J connectivity index is 2.61. The molecule has 0 saturated carbocycles. The Morgan fingerprint density at radius 2 is 1.81 bits per heavy atom. The predicted octanol–water partition coefficient (Wildman–Crippen LogP) is 2.87. The maximum Gasteiger partial charge on any atom is 0.573 e. The van der Waals surface area contributed by atoms with Crippen LogP contribution in [0.4, 0.5) is 13.2 Å². The minimum Gasteiger partial charge on any atom is -0.406 e. The standard InChI is InChI=1S/C11H14F3NO/c1-2-9(15)7-8-3-5-10(6-4-8)16-11(12,13)14/h3-6,9H,2,7,15H2,1H3/t9-/m0/s1. The number of ether oxygens (including phenoxy) is 1. The highest BCUT2D eigenvalue weighted by atomic mass is 19.4. The van der Waals surface area contributed by atoms with E-state index in [2.05, 4.69) is 4.74 Å².